The zero-order valence-electron chi connectivity index (χ0n) is 11.1. The molecule has 0 radical (unpaired) electrons. The second kappa shape index (κ2) is 4.84. The number of nitrogens with two attached hydrogens (primary N) is 1. The van der Waals surface area contributed by atoms with Gasteiger partial charge in [0.15, 0.2) is 0 Å². The summed E-state index contributed by atoms with van der Waals surface area (Å²) in [5, 5.41) is 0. The third-order valence-corrected chi connectivity index (χ3v) is 4.38. The molecular formula is C13H28N2. The van der Waals surface area contributed by atoms with Gasteiger partial charge in [-0.15, -0.1) is 0 Å². The fraction of sp³-hybridized carbons (Fsp3) is 1.00. The van der Waals surface area contributed by atoms with Crippen LogP contribution in [0.5, 0.6) is 0 Å². The summed E-state index contributed by atoms with van der Waals surface area (Å²) in [5.41, 5.74) is 6.66. The fourth-order valence-electron chi connectivity index (χ4n) is 2.03. The van der Waals surface area contributed by atoms with Crippen molar-refractivity contribution in [3.05, 3.63) is 0 Å². The molecule has 2 nitrogen and oxygen atoms in total. The Morgan fingerprint density at radius 1 is 1.27 bits per heavy atom. The van der Waals surface area contributed by atoms with Crippen molar-refractivity contribution in [2.24, 2.45) is 17.1 Å². The van der Waals surface area contributed by atoms with E-state index in [1.807, 2.05) is 0 Å². The molecule has 15 heavy (non-hydrogen) atoms. The van der Waals surface area contributed by atoms with E-state index in [-0.39, 0.29) is 0 Å². The summed E-state index contributed by atoms with van der Waals surface area (Å²) in [6, 6.07) is 1.06. The molecular weight excluding hydrogens is 184 g/mol. The predicted molar refractivity (Wildman–Crippen MR) is 66.9 cm³/mol. The average molecular weight is 212 g/mol. The summed E-state index contributed by atoms with van der Waals surface area (Å²) in [5.74, 6) is 0.602. The van der Waals surface area contributed by atoms with E-state index in [0.29, 0.717) is 23.4 Å². The van der Waals surface area contributed by atoms with Crippen LogP contribution in [-0.2, 0) is 0 Å². The molecule has 1 aliphatic rings. The Bertz CT molecular complexity index is 197. The molecule has 0 spiro atoms. The molecule has 90 valence electrons. The molecule has 1 aliphatic carbocycles. The molecule has 2 atom stereocenters. The summed E-state index contributed by atoms with van der Waals surface area (Å²) in [6.07, 6.45) is 3.91. The largest absolute Gasteiger partial charge is 0.327 e. The van der Waals surface area contributed by atoms with E-state index in [1.165, 1.54) is 12.8 Å². The van der Waals surface area contributed by atoms with Crippen LogP contribution < -0.4 is 5.73 Å². The maximum absolute atomic E-state index is 6.06. The first-order valence-electron chi connectivity index (χ1n) is 6.32. The quantitative estimate of drug-likeness (QED) is 0.733. The summed E-state index contributed by atoms with van der Waals surface area (Å²) in [6.45, 7) is 10.3. The third-order valence-electron chi connectivity index (χ3n) is 4.38. The van der Waals surface area contributed by atoms with E-state index >= 15 is 0 Å². The number of hydrogen-bond donors (Lipinski definition) is 1. The minimum atomic E-state index is 0.353. The van der Waals surface area contributed by atoms with Gasteiger partial charge in [0, 0.05) is 12.1 Å². The minimum Gasteiger partial charge on any atom is -0.327 e. The van der Waals surface area contributed by atoms with Crippen LogP contribution in [0.15, 0.2) is 0 Å². The average Bonchev–Trinajstić information content (AvgIpc) is 2.92. The molecule has 1 fully saturated rings. The lowest BCUT2D eigenvalue weighted by Crippen LogP contribution is -2.39. The Labute approximate surface area is 95.2 Å². The van der Waals surface area contributed by atoms with Crippen LogP contribution in [0.4, 0.5) is 0 Å². The molecule has 1 saturated carbocycles. The maximum atomic E-state index is 6.06. The molecule has 0 aromatic heterocycles. The van der Waals surface area contributed by atoms with Crippen LogP contribution in [0.3, 0.4) is 0 Å². The highest BCUT2D eigenvalue weighted by Gasteiger charge is 2.43. The Hall–Kier alpha value is -0.0800. The van der Waals surface area contributed by atoms with Gasteiger partial charge >= 0.3 is 0 Å². The molecule has 0 aromatic rings. The van der Waals surface area contributed by atoms with Gasteiger partial charge < -0.3 is 10.6 Å². The summed E-state index contributed by atoms with van der Waals surface area (Å²) in [7, 11) is 2.24. The van der Waals surface area contributed by atoms with Gasteiger partial charge in [-0.25, -0.2) is 0 Å². The summed E-state index contributed by atoms with van der Waals surface area (Å²) in [4.78, 5) is 2.48. The van der Waals surface area contributed by atoms with E-state index in [2.05, 4.69) is 39.6 Å². The fourth-order valence-corrected chi connectivity index (χ4v) is 2.03. The molecule has 0 bridgehead atoms. The Morgan fingerprint density at radius 3 is 2.20 bits per heavy atom. The van der Waals surface area contributed by atoms with Crippen molar-refractivity contribution >= 4 is 0 Å². The molecule has 0 aromatic carbocycles. The van der Waals surface area contributed by atoms with Gasteiger partial charge in [-0.05, 0) is 51.1 Å². The van der Waals surface area contributed by atoms with Gasteiger partial charge in [-0.1, -0.05) is 20.8 Å². The van der Waals surface area contributed by atoms with Gasteiger partial charge in [0.2, 0.25) is 0 Å². The van der Waals surface area contributed by atoms with Gasteiger partial charge in [-0.3, -0.25) is 0 Å². The van der Waals surface area contributed by atoms with Crippen LogP contribution in [0.1, 0.15) is 47.0 Å². The van der Waals surface area contributed by atoms with Crippen LogP contribution >= 0.6 is 0 Å². The summed E-state index contributed by atoms with van der Waals surface area (Å²) >= 11 is 0. The zero-order valence-corrected chi connectivity index (χ0v) is 11.1. The molecule has 2 unspecified atom stereocenters. The second-order valence-electron chi connectivity index (χ2n) is 6.01. The highest BCUT2D eigenvalue weighted by atomic mass is 15.1. The molecule has 2 N–H and O–H groups in total. The van der Waals surface area contributed by atoms with E-state index in [0.717, 1.165) is 13.0 Å². The maximum Gasteiger partial charge on any atom is 0.0118 e. The molecule has 0 aliphatic heterocycles. The smallest absolute Gasteiger partial charge is 0.0118 e. The lowest BCUT2D eigenvalue weighted by molar-refractivity contribution is 0.177. The molecule has 1 rings (SSSR count). The van der Waals surface area contributed by atoms with Crippen molar-refractivity contribution in [3.8, 4) is 0 Å². The second-order valence-corrected chi connectivity index (χ2v) is 6.01. The number of nitrogens with zero attached hydrogens (tertiary/aromatic N) is 1. The van der Waals surface area contributed by atoms with Gasteiger partial charge in [0.1, 0.15) is 0 Å². The molecule has 0 heterocycles. The first-order valence-corrected chi connectivity index (χ1v) is 6.32. The molecule has 0 amide bonds. The predicted octanol–water partition coefficient (Wildman–Crippen LogP) is 2.48. The van der Waals surface area contributed by atoms with Gasteiger partial charge in [-0.2, -0.15) is 0 Å². The topological polar surface area (TPSA) is 29.3 Å². The standard InChI is InChI=1S/C13H28N2/c1-10(2)12(14)6-9-15(5)11(3)13(4)7-8-13/h10-12H,6-9,14H2,1-5H3. The third kappa shape index (κ3) is 3.46. The first-order chi connectivity index (χ1) is 6.87. The van der Waals surface area contributed by atoms with Crippen molar-refractivity contribution in [2.75, 3.05) is 13.6 Å². The van der Waals surface area contributed by atoms with Crippen LogP contribution in [0, 0.1) is 11.3 Å². The van der Waals surface area contributed by atoms with Crippen LogP contribution in [-0.4, -0.2) is 30.6 Å². The Kier molecular flexibility index (Phi) is 4.19. The van der Waals surface area contributed by atoms with Crippen LogP contribution in [0.25, 0.3) is 0 Å². The molecule has 0 saturated heterocycles. The van der Waals surface area contributed by atoms with Crippen LogP contribution in [0.2, 0.25) is 0 Å². The van der Waals surface area contributed by atoms with E-state index in [1.54, 1.807) is 0 Å². The SMILES string of the molecule is CC(C)C(N)CCN(C)C(C)C1(C)CC1. The minimum absolute atomic E-state index is 0.353. The van der Waals surface area contributed by atoms with Gasteiger partial charge in [0.25, 0.3) is 0 Å². The highest BCUT2D eigenvalue weighted by Crippen LogP contribution is 2.49. The monoisotopic (exact) mass is 212 g/mol. The zero-order chi connectivity index (χ0) is 11.6. The normalized spacial score (nSPS) is 23.2. The lowest BCUT2D eigenvalue weighted by atomic mass is 9.98. The highest BCUT2D eigenvalue weighted by molar-refractivity contribution is 4.97. The number of hydrogen-bond acceptors (Lipinski definition) is 2. The lowest BCUT2D eigenvalue weighted by Gasteiger charge is -2.31. The van der Waals surface area contributed by atoms with Crippen molar-refractivity contribution in [1.29, 1.82) is 0 Å². The Balaban J connectivity index is 2.26. The van der Waals surface area contributed by atoms with Crippen molar-refractivity contribution in [1.82, 2.24) is 4.90 Å². The summed E-state index contributed by atoms with van der Waals surface area (Å²) < 4.78 is 0. The molecule has 2 heteroatoms. The van der Waals surface area contributed by atoms with Gasteiger partial charge in [0.05, 0.1) is 0 Å². The van der Waals surface area contributed by atoms with Crippen molar-refractivity contribution in [3.63, 3.8) is 0 Å². The van der Waals surface area contributed by atoms with E-state index in [4.69, 9.17) is 5.73 Å². The number of rotatable bonds is 6. The Morgan fingerprint density at radius 2 is 1.80 bits per heavy atom. The van der Waals surface area contributed by atoms with E-state index < -0.39 is 0 Å². The van der Waals surface area contributed by atoms with Crippen molar-refractivity contribution < 1.29 is 0 Å². The van der Waals surface area contributed by atoms with E-state index in [9.17, 15) is 0 Å². The van der Waals surface area contributed by atoms with Crippen molar-refractivity contribution in [2.45, 2.75) is 59.0 Å². The first kappa shape index (κ1) is 13.0.